The Morgan fingerprint density at radius 2 is 2.19 bits per heavy atom. The summed E-state index contributed by atoms with van der Waals surface area (Å²) in [7, 11) is 0. The van der Waals surface area contributed by atoms with Crippen molar-refractivity contribution in [2.75, 3.05) is 5.73 Å². The largest absolute Gasteiger partial charge is 0.399 e. The molecule has 0 aliphatic carbocycles. The Balaban J connectivity index is 1.99. The van der Waals surface area contributed by atoms with Crippen LogP contribution < -0.4 is 5.73 Å². The lowest BCUT2D eigenvalue weighted by atomic mass is 10.0. The monoisotopic (exact) mass is 349 g/mol. The second kappa shape index (κ2) is 6.89. The van der Waals surface area contributed by atoms with Crippen LogP contribution in [0.5, 0.6) is 0 Å². The number of aromatic nitrogens is 2. The number of hydrogen-bond donors (Lipinski definition) is 1. The molecule has 5 heteroatoms. The van der Waals surface area contributed by atoms with Crippen molar-refractivity contribution >= 4 is 27.4 Å². The van der Waals surface area contributed by atoms with Crippen LogP contribution in [-0.4, -0.2) is 15.6 Å². The third kappa shape index (κ3) is 3.94. The summed E-state index contributed by atoms with van der Waals surface area (Å²) in [5, 5.41) is 4.41. The van der Waals surface area contributed by atoms with Crippen LogP contribution in [0.1, 0.15) is 30.3 Å². The summed E-state index contributed by atoms with van der Waals surface area (Å²) in [6, 6.07) is 7.69. The molecule has 0 atom stereocenters. The summed E-state index contributed by atoms with van der Waals surface area (Å²) in [5.41, 5.74) is 9.48. The Hall–Kier alpha value is -1.62. The van der Waals surface area contributed by atoms with Gasteiger partial charge in [-0.3, -0.25) is 9.48 Å². The van der Waals surface area contributed by atoms with Crippen LogP contribution in [0.2, 0.25) is 0 Å². The first-order valence-corrected chi connectivity index (χ1v) is 7.88. The third-order valence-electron chi connectivity index (χ3n) is 3.46. The molecule has 2 aromatic rings. The minimum atomic E-state index is 0.215. The number of rotatable bonds is 6. The fraction of sp³-hybridized carbons (Fsp3) is 0.375. The molecule has 1 heterocycles. The maximum Gasteiger partial charge on any atom is 0.139 e. The Morgan fingerprint density at radius 3 is 2.86 bits per heavy atom. The first-order chi connectivity index (χ1) is 10.0. The van der Waals surface area contributed by atoms with Crippen LogP contribution in [0, 0.1) is 6.92 Å². The molecule has 0 saturated heterocycles. The van der Waals surface area contributed by atoms with Crippen molar-refractivity contribution < 1.29 is 4.79 Å². The number of hydrogen-bond acceptors (Lipinski definition) is 3. The highest BCUT2D eigenvalue weighted by Gasteiger charge is 2.15. The van der Waals surface area contributed by atoms with Gasteiger partial charge in [0.15, 0.2) is 0 Å². The second-order valence-corrected chi connectivity index (χ2v) is 5.92. The van der Waals surface area contributed by atoms with Gasteiger partial charge in [0.05, 0.1) is 15.9 Å². The zero-order valence-corrected chi connectivity index (χ0v) is 14.0. The summed E-state index contributed by atoms with van der Waals surface area (Å²) < 4.78 is 2.83. The second-order valence-electron chi connectivity index (χ2n) is 5.12. The van der Waals surface area contributed by atoms with Gasteiger partial charge in [0.25, 0.3) is 0 Å². The van der Waals surface area contributed by atoms with E-state index < -0.39 is 0 Å². The summed E-state index contributed by atoms with van der Waals surface area (Å²) in [4.78, 5) is 12.2. The molecule has 0 amide bonds. The van der Waals surface area contributed by atoms with E-state index in [-0.39, 0.29) is 5.78 Å². The van der Waals surface area contributed by atoms with Crippen LogP contribution in [0.3, 0.4) is 0 Å². The van der Waals surface area contributed by atoms with E-state index in [0.717, 1.165) is 40.1 Å². The molecule has 2 rings (SSSR count). The van der Waals surface area contributed by atoms with Crippen LogP contribution in [0.4, 0.5) is 5.69 Å². The maximum atomic E-state index is 12.2. The van der Waals surface area contributed by atoms with E-state index in [4.69, 9.17) is 5.73 Å². The van der Waals surface area contributed by atoms with Gasteiger partial charge in [-0.1, -0.05) is 12.1 Å². The van der Waals surface area contributed by atoms with Gasteiger partial charge in [0.2, 0.25) is 0 Å². The number of carbonyl (C=O) groups is 1. The molecule has 0 unspecified atom stereocenters. The van der Waals surface area contributed by atoms with Crippen LogP contribution >= 0.6 is 15.9 Å². The molecule has 1 aromatic heterocycles. The number of nitrogen functional groups attached to an aromatic ring is 1. The predicted molar refractivity (Wildman–Crippen MR) is 88.2 cm³/mol. The van der Waals surface area contributed by atoms with Gasteiger partial charge < -0.3 is 5.73 Å². The van der Waals surface area contributed by atoms with E-state index in [1.165, 1.54) is 0 Å². The van der Waals surface area contributed by atoms with Gasteiger partial charge >= 0.3 is 0 Å². The van der Waals surface area contributed by atoms with E-state index in [9.17, 15) is 4.79 Å². The van der Waals surface area contributed by atoms with Crippen molar-refractivity contribution in [1.82, 2.24) is 9.78 Å². The highest BCUT2D eigenvalue weighted by Crippen LogP contribution is 2.22. The molecule has 1 aromatic carbocycles. The molecule has 2 N–H and O–H groups in total. The predicted octanol–water partition coefficient (Wildman–Crippen LogP) is 3.30. The van der Waals surface area contributed by atoms with Gasteiger partial charge in [0.1, 0.15) is 5.78 Å². The topological polar surface area (TPSA) is 60.9 Å². The van der Waals surface area contributed by atoms with Gasteiger partial charge in [0, 0.05) is 25.1 Å². The molecule has 112 valence electrons. The Morgan fingerprint density at radius 1 is 1.43 bits per heavy atom. The molecule has 0 radical (unpaired) electrons. The molecule has 0 aliphatic rings. The SMILES string of the molecule is CCn1nc(C)c(Br)c1CC(=O)CCc1cccc(N)c1. The highest BCUT2D eigenvalue weighted by atomic mass is 79.9. The van der Waals surface area contributed by atoms with Gasteiger partial charge in [-0.15, -0.1) is 0 Å². The van der Waals surface area contributed by atoms with E-state index >= 15 is 0 Å². The quantitative estimate of drug-likeness (QED) is 0.813. The Kier molecular flexibility index (Phi) is 5.17. The van der Waals surface area contributed by atoms with Gasteiger partial charge in [-0.05, 0) is 53.9 Å². The molecular formula is C16H20BrN3O. The molecule has 0 bridgehead atoms. The number of aryl methyl sites for hydroxylation is 3. The number of carbonyl (C=O) groups excluding carboxylic acids is 1. The molecule has 0 aliphatic heterocycles. The molecule has 21 heavy (non-hydrogen) atoms. The van der Waals surface area contributed by atoms with Crippen molar-refractivity contribution in [1.29, 1.82) is 0 Å². The number of anilines is 1. The number of benzene rings is 1. The van der Waals surface area contributed by atoms with Crippen molar-refractivity contribution in [2.24, 2.45) is 0 Å². The Labute approximate surface area is 133 Å². The molecule has 0 spiro atoms. The summed E-state index contributed by atoms with van der Waals surface area (Å²) in [6.07, 6.45) is 1.65. The lowest BCUT2D eigenvalue weighted by molar-refractivity contribution is -0.118. The number of nitrogens with two attached hydrogens (primary N) is 1. The molecular weight excluding hydrogens is 330 g/mol. The molecule has 4 nitrogen and oxygen atoms in total. The fourth-order valence-corrected chi connectivity index (χ4v) is 2.77. The minimum Gasteiger partial charge on any atom is -0.399 e. The highest BCUT2D eigenvalue weighted by molar-refractivity contribution is 9.10. The van der Waals surface area contributed by atoms with Crippen molar-refractivity contribution in [3.8, 4) is 0 Å². The van der Waals surface area contributed by atoms with E-state index in [1.807, 2.05) is 42.8 Å². The Bertz CT molecular complexity index is 649. The minimum absolute atomic E-state index is 0.215. The fourth-order valence-electron chi connectivity index (χ4n) is 2.35. The van der Waals surface area contributed by atoms with Crippen LogP contribution in [-0.2, 0) is 24.2 Å². The normalized spacial score (nSPS) is 10.8. The maximum absolute atomic E-state index is 12.2. The zero-order chi connectivity index (χ0) is 15.4. The zero-order valence-electron chi connectivity index (χ0n) is 12.4. The van der Waals surface area contributed by atoms with Crippen LogP contribution in [0.25, 0.3) is 0 Å². The average Bonchev–Trinajstić information content (AvgIpc) is 2.73. The average molecular weight is 350 g/mol. The van der Waals surface area contributed by atoms with E-state index in [2.05, 4.69) is 21.0 Å². The summed E-state index contributed by atoms with van der Waals surface area (Å²) >= 11 is 3.52. The van der Waals surface area contributed by atoms with E-state index in [0.29, 0.717) is 12.8 Å². The lowest BCUT2D eigenvalue weighted by Crippen LogP contribution is -2.10. The molecule has 0 saturated carbocycles. The van der Waals surface area contributed by atoms with Gasteiger partial charge in [-0.25, -0.2) is 0 Å². The van der Waals surface area contributed by atoms with Crippen LogP contribution in [0.15, 0.2) is 28.7 Å². The third-order valence-corrected chi connectivity index (χ3v) is 4.49. The van der Waals surface area contributed by atoms with Gasteiger partial charge in [-0.2, -0.15) is 5.10 Å². The number of halogens is 1. The molecule has 0 fully saturated rings. The first-order valence-electron chi connectivity index (χ1n) is 7.09. The van der Waals surface area contributed by atoms with Crippen molar-refractivity contribution in [2.45, 2.75) is 39.7 Å². The number of ketones is 1. The summed E-state index contributed by atoms with van der Waals surface area (Å²) in [6.45, 7) is 4.74. The van der Waals surface area contributed by atoms with E-state index in [1.54, 1.807) is 0 Å². The summed E-state index contributed by atoms with van der Waals surface area (Å²) in [5.74, 6) is 0.215. The number of nitrogens with zero attached hydrogens (tertiary/aromatic N) is 2. The van der Waals surface area contributed by atoms with Crippen molar-refractivity contribution in [3.63, 3.8) is 0 Å². The standard InChI is InChI=1S/C16H20BrN3O/c1-3-20-15(16(17)11(2)19-20)10-14(21)8-7-12-5-4-6-13(18)9-12/h4-6,9H,3,7-8,10,18H2,1-2H3. The first kappa shape index (κ1) is 15.8. The van der Waals surface area contributed by atoms with Crippen molar-refractivity contribution in [3.05, 3.63) is 45.7 Å². The number of Topliss-reactive ketones (excluding diaryl/α,β-unsaturated/α-hetero) is 1. The lowest BCUT2D eigenvalue weighted by Gasteiger charge is -2.06. The smallest absolute Gasteiger partial charge is 0.139 e.